The summed E-state index contributed by atoms with van der Waals surface area (Å²) in [7, 11) is 0. The number of carboxylic acids is 1. The van der Waals surface area contributed by atoms with E-state index in [0.717, 1.165) is 5.69 Å². The zero-order valence-corrected chi connectivity index (χ0v) is 12.2. The van der Waals surface area contributed by atoms with Crippen LogP contribution in [0.25, 0.3) is 5.78 Å². The Balaban J connectivity index is 1.86. The van der Waals surface area contributed by atoms with Crippen molar-refractivity contribution < 1.29 is 9.90 Å². The summed E-state index contributed by atoms with van der Waals surface area (Å²) in [5, 5.41) is 13.6. The van der Waals surface area contributed by atoms with Crippen LogP contribution in [0.4, 0.5) is 5.95 Å². The third-order valence-corrected chi connectivity index (χ3v) is 3.98. The van der Waals surface area contributed by atoms with Crippen molar-refractivity contribution in [1.82, 2.24) is 19.6 Å². The highest BCUT2D eigenvalue weighted by molar-refractivity contribution is 5.70. The molecule has 1 aliphatic heterocycles. The summed E-state index contributed by atoms with van der Waals surface area (Å²) in [5.41, 5.74) is 1.07. The van der Waals surface area contributed by atoms with Crippen molar-refractivity contribution in [3.63, 3.8) is 0 Å². The van der Waals surface area contributed by atoms with E-state index in [1.807, 2.05) is 11.0 Å². The largest absolute Gasteiger partial charge is 0.481 e. The van der Waals surface area contributed by atoms with Crippen LogP contribution < -0.4 is 4.90 Å². The zero-order chi connectivity index (χ0) is 15.0. The lowest BCUT2D eigenvalue weighted by Gasteiger charge is -2.28. The van der Waals surface area contributed by atoms with Crippen molar-refractivity contribution in [3.8, 4) is 0 Å². The van der Waals surface area contributed by atoms with Crippen LogP contribution in [0.5, 0.6) is 0 Å². The number of fused-ring (bicyclic) bond motifs is 1. The van der Waals surface area contributed by atoms with Gasteiger partial charge in [0.2, 0.25) is 5.95 Å². The molecule has 0 amide bonds. The SMILES string of the molecule is CC(C)c1ccnc2nc(N3CCC(C(=O)O)CC3)nn12. The number of aliphatic carboxylic acids is 1. The highest BCUT2D eigenvalue weighted by Gasteiger charge is 2.26. The molecule has 21 heavy (non-hydrogen) atoms. The van der Waals surface area contributed by atoms with Crippen molar-refractivity contribution in [2.75, 3.05) is 18.0 Å². The molecule has 1 aliphatic rings. The van der Waals surface area contributed by atoms with Gasteiger partial charge in [0, 0.05) is 19.3 Å². The molecule has 112 valence electrons. The van der Waals surface area contributed by atoms with Gasteiger partial charge in [0.1, 0.15) is 0 Å². The molecule has 0 atom stereocenters. The van der Waals surface area contributed by atoms with Crippen LogP contribution in [0.2, 0.25) is 0 Å². The van der Waals surface area contributed by atoms with Crippen molar-refractivity contribution in [2.45, 2.75) is 32.6 Å². The predicted molar refractivity (Wildman–Crippen MR) is 77.4 cm³/mol. The average molecular weight is 289 g/mol. The van der Waals surface area contributed by atoms with E-state index in [2.05, 4.69) is 28.9 Å². The Labute approximate surface area is 122 Å². The number of nitrogens with zero attached hydrogens (tertiary/aromatic N) is 5. The summed E-state index contributed by atoms with van der Waals surface area (Å²) in [4.78, 5) is 21.8. The number of carbonyl (C=O) groups is 1. The Morgan fingerprint density at radius 1 is 1.38 bits per heavy atom. The highest BCUT2D eigenvalue weighted by Crippen LogP contribution is 2.22. The first-order valence-corrected chi connectivity index (χ1v) is 7.25. The number of carboxylic acid groups (broad SMARTS) is 1. The van der Waals surface area contributed by atoms with Crippen LogP contribution in [-0.2, 0) is 4.79 Å². The van der Waals surface area contributed by atoms with Gasteiger partial charge in [0.05, 0.1) is 11.6 Å². The van der Waals surface area contributed by atoms with Gasteiger partial charge >= 0.3 is 5.97 Å². The summed E-state index contributed by atoms with van der Waals surface area (Å²) < 4.78 is 1.78. The number of aromatic nitrogens is 4. The Hall–Kier alpha value is -2.18. The maximum absolute atomic E-state index is 11.0. The van der Waals surface area contributed by atoms with Gasteiger partial charge < -0.3 is 10.0 Å². The second-order valence-corrected chi connectivity index (χ2v) is 5.75. The fraction of sp³-hybridized carbons (Fsp3) is 0.571. The first-order chi connectivity index (χ1) is 10.1. The molecule has 1 fully saturated rings. The minimum absolute atomic E-state index is 0.248. The van der Waals surface area contributed by atoms with E-state index in [4.69, 9.17) is 5.11 Å². The average Bonchev–Trinajstić information content (AvgIpc) is 2.90. The fourth-order valence-electron chi connectivity index (χ4n) is 2.70. The highest BCUT2D eigenvalue weighted by atomic mass is 16.4. The van der Waals surface area contributed by atoms with Crippen LogP contribution in [0.15, 0.2) is 12.3 Å². The first kappa shape index (κ1) is 13.8. The van der Waals surface area contributed by atoms with Gasteiger partial charge in [-0.05, 0) is 24.8 Å². The molecule has 0 aromatic carbocycles. The quantitative estimate of drug-likeness (QED) is 0.923. The van der Waals surface area contributed by atoms with E-state index in [0.29, 0.717) is 43.6 Å². The summed E-state index contributed by atoms with van der Waals surface area (Å²) in [6.07, 6.45) is 3.02. The van der Waals surface area contributed by atoms with Gasteiger partial charge in [0.25, 0.3) is 5.78 Å². The number of anilines is 1. The molecule has 7 nitrogen and oxygen atoms in total. The van der Waals surface area contributed by atoms with E-state index in [1.165, 1.54) is 0 Å². The molecule has 3 heterocycles. The van der Waals surface area contributed by atoms with E-state index in [9.17, 15) is 4.79 Å². The van der Waals surface area contributed by atoms with Crippen molar-refractivity contribution in [2.24, 2.45) is 5.92 Å². The predicted octanol–water partition coefficient (Wildman–Crippen LogP) is 1.55. The van der Waals surface area contributed by atoms with Crippen LogP contribution in [0.3, 0.4) is 0 Å². The molecule has 3 rings (SSSR count). The molecule has 1 saturated heterocycles. The second kappa shape index (κ2) is 5.31. The Morgan fingerprint density at radius 3 is 2.71 bits per heavy atom. The Morgan fingerprint density at radius 2 is 2.10 bits per heavy atom. The number of hydrogen-bond donors (Lipinski definition) is 1. The first-order valence-electron chi connectivity index (χ1n) is 7.25. The van der Waals surface area contributed by atoms with E-state index in [1.54, 1.807) is 10.7 Å². The van der Waals surface area contributed by atoms with Gasteiger partial charge in [-0.2, -0.15) is 9.50 Å². The van der Waals surface area contributed by atoms with E-state index in [-0.39, 0.29) is 5.92 Å². The molecule has 0 spiro atoms. The van der Waals surface area contributed by atoms with E-state index >= 15 is 0 Å². The fourth-order valence-corrected chi connectivity index (χ4v) is 2.70. The van der Waals surface area contributed by atoms with Crippen molar-refractivity contribution in [1.29, 1.82) is 0 Å². The van der Waals surface area contributed by atoms with Gasteiger partial charge in [-0.15, -0.1) is 5.10 Å². The minimum Gasteiger partial charge on any atom is -0.481 e. The van der Waals surface area contributed by atoms with Crippen molar-refractivity contribution >= 4 is 17.7 Å². The lowest BCUT2D eigenvalue weighted by Crippen LogP contribution is -2.36. The molecule has 0 radical (unpaired) electrons. The lowest BCUT2D eigenvalue weighted by molar-refractivity contribution is -0.142. The standard InChI is InChI=1S/C14H19N5O2/c1-9(2)11-3-6-15-13-16-14(17-19(11)13)18-7-4-10(5-8-18)12(20)21/h3,6,9-10H,4-5,7-8H2,1-2H3,(H,20,21). The third-order valence-electron chi connectivity index (χ3n) is 3.98. The zero-order valence-electron chi connectivity index (χ0n) is 12.2. The van der Waals surface area contributed by atoms with Crippen LogP contribution in [0, 0.1) is 5.92 Å². The van der Waals surface area contributed by atoms with Crippen molar-refractivity contribution in [3.05, 3.63) is 18.0 Å². The molecule has 2 aromatic heterocycles. The summed E-state index contributed by atoms with van der Waals surface area (Å²) >= 11 is 0. The van der Waals surface area contributed by atoms with E-state index < -0.39 is 5.97 Å². The Bertz CT molecular complexity index is 658. The van der Waals surface area contributed by atoms with Gasteiger partial charge in [-0.25, -0.2) is 4.98 Å². The monoisotopic (exact) mass is 289 g/mol. The maximum Gasteiger partial charge on any atom is 0.306 e. The number of hydrogen-bond acceptors (Lipinski definition) is 5. The molecule has 0 unspecified atom stereocenters. The van der Waals surface area contributed by atoms with Crippen LogP contribution >= 0.6 is 0 Å². The van der Waals surface area contributed by atoms with Crippen LogP contribution in [0.1, 0.15) is 38.3 Å². The molecule has 0 aliphatic carbocycles. The summed E-state index contributed by atoms with van der Waals surface area (Å²) in [6, 6.07) is 1.95. The Kier molecular flexibility index (Phi) is 3.48. The summed E-state index contributed by atoms with van der Waals surface area (Å²) in [6.45, 7) is 5.55. The molecule has 0 saturated carbocycles. The summed E-state index contributed by atoms with van der Waals surface area (Å²) in [5.74, 6) is 0.614. The maximum atomic E-state index is 11.0. The van der Waals surface area contributed by atoms with Gasteiger partial charge in [-0.3, -0.25) is 4.79 Å². The normalized spacial score (nSPS) is 16.8. The third kappa shape index (κ3) is 2.55. The molecular weight excluding hydrogens is 270 g/mol. The smallest absolute Gasteiger partial charge is 0.306 e. The van der Waals surface area contributed by atoms with Crippen LogP contribution in [-0.4, -0.2) is 43.7 Å². The molecule has 1 N–H and O–H groups in total. The number of piperidine rings is 1. The molecule has 7 heteroatoms. The minimum atomic E-state index is -0.707. The topological polar surface area (TPSA) is 83.6 Å². The molecule has 2 aromatic rings. The van der Waals surface area contributed by atoms with Gasteiger partial charge in [0.15, 0.2) is 0 Å². The second-order valence-electron chi connectivity index (χ2n) is 5.75. The molecule has 0 bridgehead atoms. The number of rotatable bonds is 3. The lowest BCUT2D eigenvalue weighted by atomic mass is 9.97. The molecular formula is C14H19N5O2. The van der Waals surface area contributed by atoms with Gasteiger partial charge in [-0.1, -0.05) is 13.8 Å².